The highest BCUT2D eigenvalue weighted by molar-refractivity contribution is 5.85. The van der Waals surface area contributed by atoms with Crippen molar-refractivity contribution in [1.82, 2.24) is 10.6 Å². The summed E-state index contributed by atoms with van der Waals surface area (Å²) >= 11 is 0. The van der Waals surface area contributed by atoms with Crippen LogP contribution >= 0.6 is 12.4 Å². The van der Waals surface area contributed by atoms with Crippen LogP contribution in [0.1, 0.15) is 32.1 Å². The summed E-state index contributed by atoms with van der Waals surface area (Å²) in [6.07, 6.45) is 2.37. The molecule has 1 amide bonds. The van der Waals surface area contributed by atoms with Crippen LogP contribution in [0.2, 0.25) is 0 Å². The molecule has 0 spiro atoms. The Balaban J connectivity index is 0.00000144. The van der Waals surface area contributed by atoms with Gasteiger partial charge in [0.1, 0.15) is 0 Å². The average Bonchev–Trinajstić information content (AvgIpc) is 2.55. The van der Waals surface area contributed by atoms with Crippen LogP contribution in [0.25, 0.3) is 0 Å². The molecule has 2 aliphatic heterocycles. The molecule has 2 fully saturated rings. The van der Waals surface area contributed by atoms with Gasteiger partial charge < -0.3 is 10.6 Å². The lowest BCUT2D eigenvalue weighted by atomic mass is 9.89. The fraction of sp³-hybridized carbons (Fsp3) is 0.909. The van der Waals surface area contributed by atoms with Gasteiger partial charge in [0.15, 0.2) is 0 Å². The predicted molar refractivity (Wildman–Crippen MR) is 63.5 cm³/mol. The van der Waals surface area contributed by atoms with Crippen LogP contribution in [0.4, 0.5) is 8.78 Å². The number of hydrogen-bond acceptors (Lipinski definition) is 2. The highest BCUT2D eigenvalue weighted by Crippen LogP contribution is 2.32. The number of hydrogen-bond donors (Lipinski definition) is 2. The third-order valence-electron chi connectivity index (χ3n) is 3.50. The van der Waals surface area contributed by atoms with Crippen LogP contribution < -0.4 is 10.6 Å². The maximum absolute atomic E-state index is 11.9. The van der Waals surface area contributed by atoms with Gasteiger partial charge in [0.25, 0.3) is 6.43 Å². The van der Waals surface area contributed by atoms with E-state index in [1.165, 1.54) is 12.8 Å². The molecule has 2 rings (SSSR count). The first kappa shape index (κ1) is 14.6. The lowest BCUT2D eigenvalue weighted by Crippen LogP contribution is -2.40. The van der Waals surface area contributed by atoms with E-state index in [-0.39, 0.29) is 18.3 Å². The van der Waals surface area contributed by atoms with Crippen molar-refractivity contribution in [2.75, 3.05) is 6.54 Å². The molecule has 2 aliphatic rings. The SMILES string of the molecule is Cl.O=C(CC1CC2CCC(C1)N2)NCC(F)F. The maximum Gasteiger partial charge on any atom is 0.255 e. The van der Waals surface area contributed by atoms with Gasteiger partial charge >= 0.3 is 0 Å². The van der Waals surface area contributed by atoms with E-state index in [0.717, 1.165) is 12.8 Å². The summed E-state index contributed by atoms with van der Waals surface area (Å²) in [6, 6.07) is 1.10. The number of halogens is 3. The Hall–Kier alpha value is -0.420. The van der Waals surface area contributed by atoms with Crippen LogP contribution in [0.15, 0.2) is 0 Å². The highest BCUT2D eigenvalue weighted by Gasteiger charge is 2.34. The average molecular weight is 269 g/mol. The minimum absolute atomic E-state index is 0. The topological polar surface area (TPSA) is 41.1 Å². The summed E-state index contributed by atoms with van der Waals surface area (Å²) < 4.78 is 23.8. The number of fused-ring (bicyclic) bond motifs is 2. The van der Waals surface area contributed by atoms with E-state index in [9.17, 15) is 13.6 Å². The van der Waals surface area contributed by atoms with Gasteiger partial charge in [-0.1, -0.05) is 0 Å². The summed E-state index contributed by atoms with van der Waals surface area (Å²) in [5, 5.41) is 5.76. The zero-order chi connectivity index (χ0) is 11.5. The van der Waals surface area contributed by atoms with Crippen molar-refractivity contribution in [2.45, 2.75) is 50.6 Å². The standard InChI is InChI=1S/C11H18F2N2O.ClH/c12-10(13)6-14-11(16)5-7-3-8-1-2-9(4-7)15-8;/h7-10,15H,1-6H2,(H,14,16);1H. The van der Waals surface area contributed by atoms with E-state index in [1.807, 2.05) is 0 Å². The Bertz CT molecular complexity index is 254. The molecule has 0 aromatic rings. The van der Waals surface area contributed by atoms with Crippen molar-refractivity contribution in [3.05, 3.63) is 0 Å². The molecule has 0 aromatic carbocycles. The molecule has 0 saturated carbocycles. The van der Waals surface area contributed by atoms with Crippen LogP contribution in [0.3, 0.4) is 0 Å². The van der Waals surface area contributed by atoms with Gasteiger partial charge in [-0.2, -0.15) is 0 Å². The predicted octanol–water partition coefficient (Wildman–Crippen LogP) is 1.71. The van der Waals surface area contributed by atoms with E-state index in [2.05, 4.69) is 10.6 Å². The second-order valence-electron chi connectivity index (χ2n) is 4.87. The number of amides is 1. The molecule has 100 valence electrons. The van der Waals surface area contributed by atoms with Crippen LogP contribution in [-0.2, 0) is 4.79 Å². The monoisotopic (exact) mass is 268 g/mol. The van der Waals surface area contributed by atoms with E-state index in [4.69, 9.17) is 0 Å². The quantitative estimate of drug-likeness (QED) is 0.815. The van der Waals surface area contributed by atoms with Gasteiger partial charge in [0.05, 0.1) is 6.54 Å². The molecule has 6 heteroatoms. The van der Waals surface area contributed by atoms with Crippen molar-refractivity contribution in [3.8, 4) is 0 Å². The largest absolute Gasteiger partial charge is 0.350 e. The Morgan fingerprint density at radius 3 is 2.41 bits per heavy atom. The van der Waals surface area contributed by atoms with Crippen molar-refractivity contribution < 1.29 is 13.6 Å². The molecular formula is C11H19ClF2N2O. The third-order valence-corrected chi connectivity index (χ3v) is 3.50. The molecule has 2 atom stereocenters. The summed E-state index contributed by atoms with van der Waals surface area (Å²) in [4.78, 5) is 11.4. The smallest absolute Gasteiger partial charge is 0.255 e. The first-order valence-corrected chi connectivity index (χ1v) is 5.94. The van der Waals surface area contributed by atoms with Crippen LogP contribution in [0.5, 0.6) is 0 Å². The second kappa shape index (κ2) is 6.50. The van der Waals surface area contributed by atoms with E-state index < -0.39 is 13.0 Å². The molecule has 0 aromatic heterocycles. The molecule has 2 bridgehead atoms. The van der Waals surface area contributed by atoms with Crippen molar-refractivity contribution >= 4 is 18.3 Å². The Morgan fingerprint density at radius 2 is 1.88 bits per heavy atom. The summed E-state index contributed by atoms with van der Waals surface area (Å²) in [7, 11) is 0. The molecule has 17 heavy (non-hydrogen) atoms. The third kappa shape index (κ3) is 4.39. The van der Waals surface area contributed by atoms with Gasteiger partial charge in [-0.05, 0) is 31.6 Å². The maximum atomic E-state index is 11.9. The molecule has 2 heterocycles. The summed E-state index contributed by atoms with van der Waals surface area (Å²) in [5.41, 5.74) is 0. The van der Waals surface area contributed by atoms with Crippen molar-refractivity contribution in [2.24, 2.45) is 5.92 Å². The Kier molecular flexibility index (Phi) is 5.59. The molecular weight excluding hydrogens is 250 g/mol. The number of piperidine rings is 1. The first-order valence-electron chi connectivity index (χ1n) is 5.94. The van der Waals surface area contributed by atoms with Crippen LogP contribution in [-0.4, -0.2) is 31.0 Å². The number of carbonyl (C=O) groups is 1. The number of nitrogens with one attached hydrogen (secondary N) is 2. The zero-order valence-electron chi connectivity index (χ0n) is 9.62. The van der Waals surface area contributed by atoms with Gasteiger partial charge in [-0.15, -0.1) is 12.4 Å². The molecule has 0 aliphatic carbocycles. The minimum atomic E-state index is -2.45. The van der Waals surface area contributed by atoms with Gasteiger partial charge in [-0.25, -0.2) is 8.78 Å². The Morgan fingerprint density at radius 1 is 1.29 bits per heavy atom. The molecule has 2 saturated heterocycles. The van der Waals surface area contributed by atoms with E-state index in [0.29, 0.717) is 24.4 Å². The lowest BCUT2D eigenvalue weighted by Gasteiger charge is -2.28. The lowest BCUT2D eigenvalue weighted by molar-refractivity contribution is -0.122. The van der Waals surface area contributed by atoms with Gasteiger partial charge in [0.2, 0.25) is 5.91 Å². The molecule has 3 nitrogen and oxygen atoms in total. The number of carbonyl (C=O) groups excluding carboxylic acids is 1. The summed E-state index contributed by atoms with van der Waals surface area (Å²) in [6.45, 7) is -0.517. The normalized spacial score (nSPS) is 31.1. The molecule has 0 radical (unpaired) electrons. The second-order valence-corrected chi connectivity index (χ2v) is 4.87. The van der Waals surface area contributed by atoms with E-state index in [1.54, 1.807) is 0 Å². The van der Waals surface area contributed by atoms with Gasteiger partial charge in [-0.3, -0.25) is 4.79 Å². The van der Waals surface area contributed by atoms with Crippen LogP contribution in [0, 0.1) is 5.92 Å². The van der Waals surface area contributed by atoms with E-state index >= 15 is 0 Å². The minimum Gasteiger partial charge on any atom is -0.350 e. The molecule has 2 N–H and O–H groups in total. The fourth-order valence-corrected chi connectivity index (χ4v) is 2.87. The number of rotatable bonds is 4. The molecule has 2 unspecified atom stereocenters. The zero-order valence-corrected chi connectivity index (χ0v) is 10.4. The number of alkyl halides is 2. The van der Waals surface area contributed by atoms with Gasteiger partial charge in [0, 0.05) is 18.5 Å². The Labute approximate surface area is 106 Å². The first-order chi connectivity index (χ1) is 7.63. The summed E-state index contributed by atoms with van der Waals surface area (Å²) in [5.74, 6) is 0.142. The highest BCUT2D eigenvalue weighted by atomic mass is 35.5. The fourth-order valence-electron chi connectivity index (χ4n) is 2.87. The van der Waals surface area contributed by atoms with Crippen molar-refractivity contribution in [3.63, 3.8) is 0 Å². The van der Waals surface area contributed by atoms with Crippen molar-refractivity contribution in [1.29, 1.82) is 0 Å².